The predicted octanol–water partition coefficient (Wildman–Crippen LogP) is 4.03. The minimum atomic E-state index is -0.266. The molecular weight excluding hydrogens is 304 g/mol. The van der Waals surface area contributed by atoms with E-state index in [1.165, 1.54) is 17.4 Å². The van der Waals surface area contributed by atoms with Crippen molar-refractivity contribution in [3.8, 4) is 0 Å². The third-order valence-electron chi connectivity index (χ3n) is 3.32. The number of amides is 1. The van der Waals surface area contributed by atoms with Gasteiger partial charge in [-0.3, -0.25) is 4.79 Å². The molecule has 0 N–H and O–H groups in total. The van der Waals surface area contributed by atoms with Gasteiger partial charge < -0.3 is 4.57 Å². The minimum Gasteiger partial charge on any atom is -0.312 e. The summed E-state index contributed by atoms with van der Waals surface area (Å²) < 4.78 is 3.11. The van der Waals surface area contributed by atoms with E-state index < -0.39 is 0 Å². The Morgan fingerprint density at radius 2 is 1.87 bits per heavy atom. The molecule has 0 fully saturated rings. The number of carbonyl (C=O) groups excluding carboxylic acids is 1. The average Bonchev–Trinajstić information content (AvgIpc) is 2.92. The Balaban J connectivity index is 1.97. The lowest BCUT2D eigenvalue weighted by molar-refractivity contribution is -0.113. The lowest BCUT2D eigenvalue weighted by Crippen LogP contribution is -2.15. The van der Waals surface area contributed by atoms with Crippen LogP contribution in [0, 0.1) is 0 Å². The second kappa shape index (κ2) is 7.03. The summed E-state index contributed by atoms with van der Waals surface area (Å²) >= 11 is 1.51. The number of allylic oxidation sites excluding steroid dienone is 1. The maximum absolute atomic E-state index is 12.1. The molecule has 0 unspecified atom stereocenters. The molecule has 3 rings (SSSR count). The van der Waals surface area contributed by atoms with Crippen LogP contribution < -0.4 is 4.80 Å². The molecule has 1 heterocycles. The summed E-state index contributed by atoms with van der Waals surface area (Å²) in [5, 5.41) is 0. The number of aromatic nitrogens is 1. The summed E-state index contributed by atoms with van der Waals surface area (Å²) in [7, 11) is 0. The fourth-order valence-electron chi connectivity index (χ4n) is 2.27. The molecule has 0 aliphatic carbocycles. The van der Waals surface area contributed by atoms with Crippen molar-refractivity contribution in [3.63, 3.8) is 0 Å². The maximum Gasteiger partial charge on any atom is 0.272 e. The minimum absolute atomic E-state index is 0.266. The van der Waals surface area contributed by atoms with Gasteiger partial charge in [0.25, 0.3) is 5.91 Å². The monoisotopic (exact) mass is 320 g/mol. The van der Waals surface area contributed by atoms with Crippen molar-refractivity contribution in [1.29, 1.82) is 0 Å². The number of para-hydroxylation sites is 1. The van der Waals surface area contributed by atoms with Crippen LogP contribution in [0.3, 0.4) is 0 Å². The van der Waals surface area contributed by atoms with Crippen LogP contribution in [0.1, 0.15) is 5.56 Å². The number of nitrogens with zero attached hydrogens (tertiary/aromatic N) is 2. The number of hydrogen-bond donors (Lipinski definition) is 0. The van der Waals surface area contributed by atoms with Crippen molar-refractivity contribution in [1.82, 2.24) is 4.57 Å². The van der Waals surface area contributed by atoms with Gasteiger partial charge in [0.1, 0.15) is 0 Å². The number of hydrogen-bond acceptors (Lipinski definition) is 2. The summed E-state index contributed by atoms with van der Waals surface area (Å²) in [4.78, 5) is 17.1. The van der Waals surface area contributed by atoms with Crippen molar-refractivity contribution in [2.45, 2.75) is 6.54 Å². The normalized spacial score (nSPS) is 12.1. The number of fused-ring (bicyclic) bond motifs is 1. The molecule has 0 aliphatic heterocycles. The van der Waals surface area contributed by atoms with Crippen LogP contribution in [-0.4, -0.2) is 10.5 Å². The van der Waals surface area contributed by atoms with Crippen LogP contribution in [0.2, 0.25) is 0 Å². The molecule has 3 nitrogen and oxygen atoms in total. The lowest BCUT2D eigenvalue weighted by Gasteiger charge is -1.99. The summed E-state index contributed by atoms with van der Waals surface area (Å²) in [6, 6.07) is 17.7. The third kappa shape index (κ3) is 3.55. The van der Waals surface area contributed by atoms with Gasteiger partial charge in [-0.2, -0.15) is 4.99 Å². The fraction of sp³-hybridized carbons (Fsp3) is 0.0526. The van der Waals surface area contributed by atoms with Gasteiger partial charge in [0.05, 0.1) is 10.2 Å². The van der Waals surface area contributed by atoms with Gasteiger partial charge in [-0.25, -0.2) is 0 Å². The third-order valence-corrected chi connectivity index (χ3v) is 4.38. The number of benzene rings is 2. The number of rotatable bonds is 4. The van der Waals surface area contributed by atoms with E-state index >= 15 is 0 Å². The van der Waals surface area contributed by atoms with Crippen molar-refractivity contribution < 1.29 is 4.79 Å². The van der Waals surface area contributed by atoms with Gasteiger partial charge in [0.2, 0.25) is 0 Å². The van der Waals surface area contributed by atoms with E-state index in [9.17, 15) is 4.79 Å². The quantitative estimate of drug-likeness (QED) is 0.528. The molecule has 114 valence electrons. The Kier molecular flexibility index (Phi) is 4.64. The fourth-order valence-corrected chi connectivity index (χ4v) is 3.32. The van der Waals surface area contributed by atoms with E-state index in [0.717, 1.165) is 15.8 Å². The molecule has 0 saturated carbocycles. The van der Waals surface area contributed by atoms with E-state index in [1.807, 2.05) is 65.2 Å². The summed E-state index contributed by atoms with van der Waals surface area (Å²) in [5.74, 6) is -0.266. The van der Waals surface area contributed by atoms with Crippen LogP contribution >= 0.6 is 11.3 Å². The van der Waals surface area contributed by atoms with Crippen LogP contribution in [0.15, 0.2) is 78.3 Å². The molecule has 0 bridgehead atoms. The van der Waals surface area contributed by atoms with E-state index in [0.29, 0.717) is 11.3 Å². The number of carbonyl (C=O) groups is 1. The summed E-state index contributed by atoms with van der Waals surface area (Å²) in [6.07, 6.45) is 5.08. The van der Waals surface area contributed by atoms with Gasteiger partial charge >= 0.3 is 0 Å². The molecule has 0 spiro atoms. The van der Waals surface area contributed by atoms with Crippen LogP contribution in [0.4, 0.5) is 0 Å². The van der Waals surface area contributed by atoms with Crippen LogP contribution in [0.5, 0.6) is 0 Å². The molecule has 0 radical (unpaired) electrons. The molecule has 3 aromatic rings. The Hall–Kier alpha value is -2.72. The molecule has 1 aromatic heterocycles. The van der Waals surface area contributed by atoms with Gasteiger partial charge in [0.15, 0.2) is 4.80 Å². The van der Waals surface area contributed by atoms with Crippen LogP contribution in [0.25, 0.3) is 16.3 Å². The highest BCUT2D eigenvalue weighted by Gasteiger charge is 2.05. The molecule has 1 amide bonds. The van der Waals surface area contributed by atoms with Gasteiger partial charge in [-0.05, 0) is 23.8 Å². The molecule has 0 atom stereocenters. The Morgan fingerprint density at radius 3 is 2.65 bits per heavy atom. The first-order valence-corrected chi connectivity index (χ1v) is 8.10. The first-order valence-electron chi connectivity index (χ1n) is 7.29. The highest BCUT2D eigenvalue weighted by molar-refractivity contribution is 7.16. The van der Waals surface area contributed by atoms with Gasteiger partial charge in [0, 0.05) is 12.6 Å². The molecular formula is C19H16N2OS. The molecule has 2 aromatic carbocycles. The highest BCUT2D eigenvalue weighted by Crippen LogP contribution is 2.16. The number of thiazole rings is 1. The largest absolute Gasteiger partial charge is 0.312 e. The first-order chi connectivity index (χ1) is 11.3. The molecule has 23 heavy (non-hydrogen) atoms. The summed E-state index contributed by atoms with van der Waals surface area (Å²) in [5.41, 5.74) is 2.04. The Bertz CT molecular complexity index is 933. The van der Waals surface area contributed by atoms with E-state index in [2.05, 4.69) is 11.6 Å². The van der Waals surface area contributed by atoms with E-state index in [-0.39, 0.29) is 5.91 Å². The molecule has 0 aliphatic rings. The first kappa shape index (κ1) is 15.2. The van der Waals surface area contributed by atoms with Gasteiger partial charge in [-0.15, -0.1) is 6.58 Å². The van der Waals surface area contributed by atoms with Crippen molar-refractivity contribution in [2.24, 2.45) is 4.99 Å². The Labute approximate surface area is 138 Å². The van der Waals surface area contributed by atoms with Crippen molar-refractivity contribution >= 4 is 33.5 Å². The van der Waals surface area contributed by atoms with Crippen LogP contribution in [-0.2, 0) is 11.3 Å². The topological polar surface area (TPSA) is 34.4 Å². The van der Waals surface area contributed by atoms with E-state index in [1.54, 1.807) is 6.08 Å². The Morgan fingerprint density at radius 1 is 1.13 bits per heavy atom. The van der Waals surface area contributed by atoms with Gasteiger partial charge in [-0.1, -0.05) is 59.9 Å². The zero-order valence-electron chi connectivity index (χ0n) is 12.6. The van der Waals surface area contributed by atoms with Crippen molar-refractivity contribution in [3.05, 3.63) is 83.7 Å². The average molecular weight is 320 g/mol. The zero-order valence-corrected chi connectivity index (χ0v) is 13.4. The molecule has 4 heteroatoms. The summed E-state index contributed by atoms with van der Waals surface area (Å²) in [6.45, 7) is 4.41. The second-order valence-electron chi connectivity index (χ2n) is 4.95. The standard InChI is InChI=1S/C19H16N2OS/c1-2-14-21-16-10-6-7-11-17(16)23-19(21)20-18(22)13-12-15-8-4-3-5-9-15/h2-13H,1,14H2/b13-12+,20-19?. The smallest absolute Gasteiger partial charge is 0.272 e. The zero-order chi connectivity index (χ0) is 16.1. The predicted molar refractivity (Wildman–Crippen MR) is 96.1 cm³/mol. The SMILES string of the molecule is C=CCn1c(=NC(=O)/C=C/c2ccccc2)sc2ccccc21. The second-order valence-corrected chi connectivity index (χ2v) is 5.95. The maximum atomic E-state index is 12.1. The highest BCUT2D eigenvalue weighted by atomic mass is 32.1. The lowest BCUT2D eigenvalue weighted by atomic mass is 10.2. The van der Waals surface area contributed by atoms with Crippen molar-refractivity contribution in [2.75, 3.05) is 0 Å². The molecule has 0 saturated heterocycles. The van der Waals surface area contributed by atoms with E-state index in [4.69, 9.17) is 0 Å².